The average molecular weight is 337 g/mol. The molecule has 2 N–H and O–H groups in total. The summed E-state index contributed by atoms with van der Waals surface area (Å²) in [7, 11) is 0. The summed E-state index contributed by atoms with van der Waals surface area (Å²) in [5, 5.41) is 5.07. The van der Waals surface area contributed by atoms with Crippen LogP contribution in [0.3, 0.4) is 0 Å². The van der Waals surface area contributed by atoms with Gasteiger partial charge in [-0.05, 0) is 18.6 Å². The highest BCUT2D eigenvalue weighted by molar-refractivity contribution is 6.30. The molecule has 0 bridgehead atoms. The third-order valence-corrected chi connectivity index (χ3v) is 3.14. The zero-order valence-corrected chi connectivity index (χ0v) is 11.9. The van der Waals surface area contributed by atoms with Crippen LogP contribution >= 0.6 is 11.6 Å². The Balaban J connectivity index is 2.09. The molecular formula is C13H12ClF3N2O3. The number of carbonyl (C=O) groups excluding carboxylic acids is 2. The van der Waals surface area contributed by atoms with Gasteiger partial charge in [0.1, 0.15) is 11.8 Å². The second-order valence-corrected chi connectivity index (χ2v) is 5.13. The van der Waals surface area contributed by atoms with Gasteiger partial charge in [0.25, 0.3) is 0 Å². The van der Waals surface area contributed by atoms with Crippen molar-refractivity contribution < 1.29 is 27.5 Å². The number of benzene rings is 1. The molecule has 22 heavy (non-hydrogen) atoms. The van der Waals surface area contributed by atoms with Crippen molar-refractivity contribution in [1.29, 1.82) is 0 Å². The van der Waals surface area contributed by atoms with Crippen molar-refractivity contribution in [2.45, 2.75) is 25.1 Å². The summed E-state index contributed by atoms with van der Waals surface area (Å²) in [5.41, 5.74) is 0.0554. The van der Waals surface area contributed by atoms with Gasteiger partial charge in [-0.2, -0.15) is 13.2 Å². The Morgan fingerprint density at radius 2 is 2.18 bits per heavy atom. The first-order valence-electron chi connectivity index (χ1n) is 6.34. The molecule has 1 aliphatic rings. The molecule has 0 radical (unpaired) electrons. The van der Waals surface area contributed by atoms with Gasteiger partial charge in [0.05, 0.1) is 5.69 Å². The fourth-order valence-corrected chi connectivity index (χ4v) is 2.07. The Labute approximate surface area is 128 Å². The monoisotopic (exact) mass is 336 g/mol. The topological polar surface area (TPSA) is 67.4 Å². The lowest BCUT2D eigenvalue weighted by Gasteiger charge is -2.16. The summed E-state index contributed by atoms with van der Waals surface area (Å²) < 4.78 is 41.4. The molecule has 1 aromatic carbocycles. The van der Waals surface area contributed by atoms with Crippen LogP contribution in [0.25, 0.3) is 0 Å². The van der Waals surface area contributed by atoms with E-state index in [1.807, 2.05) is 0 Å². The Morgan fingerprint density at radius 1 is 1.45 bits per heavy atom. The number of alkyl halides is 3. The summed E-state index contributed by atoms with van der Waals surface area (Å²) >= 11 is 5.72. The molecule has 2 rings (SSSR count). The maximum absolute atomic E-state index is 12.2. The van der Waals surface area contributed by atoms with E-state index in [-0.39, 0.29) is 28.8 Å². The molecule has 1 saturated heterocycles. The van der Waals surface area contributed by atoms with E-state index in [9.17, 15) is 22.8 Å². The molecule has 0 unspecified atom stereocenters. The third kappa shape index (κ3) is 4.52. The summed E-state index contributed by atoms with van der Waals surface area (Å²) in [5.74, 6) is -0.961. The van der Waals surface area contributed by atoms with E-state index >= 15 is 0 Å². The van der Waals surface area contributed by atoms with E-state index in [1.54, 1.807) is 0 Å². The second-order valence-electron chi connectivity index (χ2n) is 4.69. The quantitative estimate of drug-likeness (QED) is 0.887. The molecule has 1 aromatic rings. The SMILES string of the molecule is O=C1CC[C@H](C(=O)Nc2ccc(Cl)cc2OCC(F)(F)F)N1. The minimum absolute atomic E-state index is 0.0554. The van der Waals surface area contributed by atoms with Crippen LogP contribution in [0.4, 0.5) is 18.9 Å². The molecule has 0 aromatic heterocycles. The molecule has 120 valence electrons. The molecular weight excluding hydrogens is 325 g/mol. The zero-order chi connectivity index (χ0) is 16.3. The minimum Gasteiger partial charge on any atom is -0.482 e. The van der Waals surface area contributed by atoms with Gasteiger partial charge in [0.2, 0.25) is 11.8 Å². The lowest BCUT2D eigenvalue weighted by molar-refractivity contribution is -0.153. The molecule has 0 saturated carbocycles. The maximum atomic E-state index is 12.2. The van der Waals surface area contributed by atoms with Gasteiger partial charge in [-0.3, -0.25) is 9.59 Å². The van der Waals surface area contributed by atoms with E-state index in [2.05, 4.69) is 15.4 Å². The number of anilines is 1. The first kappa shape index (κ1) is 16.4. The predicted molar refractivity (Wildman–Crippen MR) is 72.8 cm³/mol. The molecule has 1 aliphatic heterocycles. The van der Waals surface area contributed by atoms with Gasteiger partial charge in [0.15, 0.2) is 6.61 Å². The number of ether oxygens (including phenoxy) is 1. The third-order valence-electron chi connectivity index (χ3n) is 2.90. The molecule has 0 spiro atoms. The van der Waals surface area contributed by atoms with Crippen LogP contribution in [0, 0.1) is 0 Å². The first-order valence-corrected chi connectivity index (χ1v) is 6.72. The zero-order valence-electron chi connectivity index (χ0n) is 11.2. The van der Waals surface area contributed by atoms with Crippen molar-refractivity contribution in [3.8, 4) is 5.75 Å². The fourth-order valence-electron chi connectivity index (χ4n) is 1.91. The van der Waals surface area contributed by atoms with Crippen molar-refractivity contribution in [3.05, 3.63) is 23.2 Å². The van der Waals surface area contributed by atoms with Crippen molar-refractivity contribution >= 4 is 29.1 Å². The van der Waals surface area contributed by atoms with Crippen LogP contribution < -0.4 is 15.4 Å². The number of amides is 2. The number of hydrogen-bond donors (Lipinski definition) is 2. The Morgan fingerprint density at radius 3 is 2.77 bits per heavy atom. The highest BCUT2D eigenvalue weighted by atomic mass is 35.5. The van der Waals surface area contributed by atoms with Crippen molar-refractivity contribution in [2.24, 2.45) is 0 Å². The van der Waals surface area contributed by atoms with Crippen molar-refractivity contribution in [1.82, 2.24) is 5.32 Å². The van der Waals surface area contributed by atoms with Crippen LogP contribution in [-0.4, -0.2) is 30.6 Å². The summed E-state index contributed by atoms with van der Waals surface area (Å²) in [6.45, 7) is -1.50. The van der Waals surface area contributed by atoms with Crippen LogP contribution in [0.2, 0.25) is 5.02 Å². The van der Waals surface area contributed by atoms with Crippen molar-refractivity contribution in [2.75, 3.05) is 11.9 Å². The Bertz CT molecular complexity index is 592. The molecule has 9 heteroatoms. The largest absolute Gasteiger partial charge is 0.482 e. The summed E-state index contributed by atoms with van der Waals surface area (Å²) in [6, 6.07) is 3.21. The highest BCUT2D eigenvalue weighted by Gasteiger charge is 2.30. The van der Waals surface area contributed by atoms with Crippen LogP contribution in [-0.2, 0) is 9.59 Å². The van der Waals surface area contributed by atoms with Crippen LogP contribution in [0.5, 0.6) is 5.75 Å². The Hall–Kier alpha value is -1.96. The molecule has 0 aliphatic carbocycles. The van der Waals surface area contributed by atoms with Gasteiger partial charge >= 0.3 is 6.18 Å². The van der Waals surface area contributed by atoms with E-state index in [4.69, 9.17) is 11.6 Å². The standard InChI is InChI=1S/C13H12ClF3N2O3/c14-7-1-2-8(10(5-7)22-6-13(15,16)17)19-12(21)9-3-4-11(20)18-9/h1-2,5,9H,3-4,6H2,(H,18,20)(H,19,21)/t9-/m1/s1. The van der Waals surface area contributed by atoms with Gasteiger partial charge in [-0.1, -0.05) is 11.6 Å². The molecule has 1 fully saturated rings. The summed E-state index contributed by atoms with van der Waals surface area (Å²) in [4.78, 5) is 23.0. The normalized spacial score (nSPS) is 18.0. The molecule has 1 heterocycles. The van der Waals surface area contributed by atoms with Gasteiger partial charge in [-0.15, -0.1) is 0 Å². The van der Waals surface area contributed by atoms with Gasteiger partial charge < -0.3 is 15.4 Å². The number of hydrogen-bond acceptors (Lipinski definition) is 3. The van der Waals surface area contributed by atoms with E-state index in [1.165, 1.54) is 18.2 Å². The molecule has 5 nitrogen and oxygen atoms in total. The maximum Gasteiger partial charge on any atom is 0.422 e. The number of carbonyl (C=O) groups is 2. The first-order chi connectivity index (χ1) is 10.2. The highest BCUT2D eigenvalue weighted by Crippen LogP contribution is 2.30. The fraction of sp³-hybridized carbons (Fsp3) is 0.385. The molecule has 2 amide bonds. The lowest BCUT2D eigenvalue weighted by atomic mass is 10.2. The van der Waals surface area contributed by atoms with E-state index < -0.39 is 24.7 Å². The van der Waals surface area contributed by atoms with Crippen LogP contribution in [0.15, 0.2) is 18.2 Å². The molecule has 1 atom stereocenters. The van der Waals surface area contributed by atoms with Gasteiger partial charge in [0, 0.05) is 17.5 Å². The van der Waals surface area contributed by atoms with E-state index in [0.29, 0.717) is 6.42 Å². The minimum atomic E-state index is -4.51. The second kappa shape index (κ2) is 6.43. The predicted octanol–water partition coefficient (Wildman–Crippen LogP) is 2.50. The number of rotatable bonds is 4. The lowest BCUT2D eigenvalue weighted by Crippen LogP contribution is -2.37. The smallest absolute Gasteiger partial charge is 0.422 e. The number of nitrogens with one attached hydrogen (secondary N) is 2. The van der Waals surface area contributed by atoms with Crippen molar-refractivity contribution in [3.63, 3.8) is 0 Å². The number of halogens is 4. The summed E-state index contributed by atoms with van der Waals surface area (Å²) in [6.07, 6.45) is -3.95. The average Bonchev–Trinajstić information content (AvgIpc) is 2.85. The van der Waals surface area contributed by atoms with E-state index in [0.717, 1.165) is 0 Å². The Kier molecular flexibility index (Phi) is 4.80. The van der Waals surface area contributed by atoms with Crippen LogP contribution in [0.1, 0.15) is 12.8 Å². The van der Waals surface area contributed by atoms with Gasteiger partial charge in [-0.25, -0.2) is 0 Å².